The van der Waals surface area contributed by atoms with Crippen LogP contribution in [0.5, 0.6) is 0 Å². The lowest BCUT2D eigenvalue weighted by Crippen LogP contribution is -2.59. The lowest BCUT2D eigenvalue weighted by molar-refractivity contribution is -0.139. The molecule has 37 heavy (non-hydrogen) atoms. The molecule has 0 aliphatic heterocycles. The fourth-order valence-corrected chi connectivity index (χ4v) is 3.86. The summed E-state index contributed by atoms with van der Waals surface area (Å²) >= 11 is 0. The number of nitrogens with one attached hydrogen (secondary N) is 3. The first-order valence-corrected chi connectivity index (χ1v) is 13.9. The molecule has 0 bridgehead atoms. The number of hydrogen-bond donors (Lipinski definition) is 5. The lowest BCUT2D eigenvalue weighted by atomic mass is 10.0. The van der Waals surface area contributed by atoms with Crippen LogP contribution in [-0.2, 0) is 19.2 Å². The molecule has 0 radical (unpaired) electrons. The average Bonchev–Trinajstić information content (AvgIpc) is 2.82. The van der Waals surface area contributed by atoms with Gasteiger partial charge in [0.25, 0.3) is 0 Å². The van der Waals surface area contributed by atoms with Crippen molar-refractivity contribution in [3.63, 3.8) is 0 Å². The van der Waals surface area contributed by atoms with Crippen LogP contribution in [0.15, 0.2) is 12.2 Å². The second kappa shape index (κ2) is 20.8. The van der Waals surface area contributed by atoms with Gasteiger partial charge in [0.2, 0.25) is 17.7 Å². The van der Waals surface area contributed by atoms with Gasteiger partial charge in [-0.3, -0.25) is 19.2 Å². The summed E-state index contributed by atoms with van der Waals surface area (Å²) in [6.07, 6.45) is 14.0. The third kappa shape index (κ3) is 17.0. The van der Waals surface area contributed by atoms with E-state index in [0.29, 0.717) is 6.42 Å². The van der Waals surface area contributed by atoms with Crippen LogP contribution in [0.2, 0.25) is 0 Å². The van der Waals surface area contributed by atoms with Crippen molar-refractivity contribution >= 4 is 23.5 Å². The Bertz CT molecular complexity index is 708. The van der Waals surface area contributed by atoms with Crippen molar-refractivity contribution in [3.8, 4) is 0 Å². The predicted octanol–water partition coefficient (Wildman–Crippen LogP) is 3.27. The van der Waals surface area contributed by atoms with Crippen molar-refractivity contribution in [2.24, 2.45) is 5.92 Å². The molecule has 214 valence electrons. The summed E-state index contributed by atoms with van der Waals surface area (Å²) in [6.45, 7) is 8.16. The van der Waals surface area contributed by atoms with Crippen LogP contribution in [-0.4, -0.2) is 58.1 Å². The molecule has 4 unspecified atom stereocenters. The smallest absolute Gasteiger partial charge is 0.245 e. The van der Waals surface area contributed by atoms with E-state index in [0.717, 1.165) is 38.5 Å². The number of allylic oxidation sites excluding steroid dienone is 2. The molecule has 0 spiro atoms. The molecular formula is C28H51N3O6. The van der Waals surface area contributed by atoms with Gasteiger partial charge < -0.3 is 26.2 Å². The Morgan fingerprint density at radius 2 is 1.22 bits per heavy atom. The molecule has 0 fully saturated rings. The Labute approximate surface area is 223 Å². The topological polar surface area (TPSA) is 145 Å². The van der Waals surface area contributed by atoms with E-state index in [1.54, 1.807) is 13.8 Å². The molecule has 0 saturated carbocycles. The maximum atomic E-state index is 12.6. The highest BCUT2D eigenvalue weighted by Crippen LogP contribution is 2.10. The third-order valence-corrected chi connectivity index (χ3v) is 6.14. The summed E-state index contributed by atoms with van der Waals surface area (Å²) in [5.41, 5.74) is 0. The third-order valence-electron chi connectivity index (χ3n) is 6.14. The van der Waals surface area contributed by atoms with Gasteiger partial charge >= 0.3 is 0 Å². The standard InChI is InChI=1S/C28H51N3O6/c1-6-7-8-9-10-11-12-13-14-15-16-17-18-19-23(34)26(35)31-27(36)24(20(2)3)30-28(37)25(21(4)32)29-22(5)33/h11-12,20-21,24-26,32,35H,6-10,13-19H2,1-5H3,(H,29,33)(H,30,37)(H,31,36). The first kappa shape index (κ1) is 34.7. The summed E-state index contributed by atoms with van der Waals surface area (Å²) in [6, 6.07) is -2.29. The minimum atomic E-state index is -1.66. The van der Waals surface area contributed by atoms with E-state index in [4.69, 9.17) is 0 Å². The minimum absolute atomic E-state index is 0.157. The predicted molar refractivity (Wildman–Crippen MR) is 145 cm³/mol. The van der Waals surface area contributed by atoms with Crippen LogP contribution in [0.25, 0.3) is 0 Å². The van der Waals surface area contributed by atoms with E-state index in [1.165, 1.54) is 39.5 Å². The zero-order chi connectivity index (χ0) is 28.2. The molecule has 0 aliphatic carbocycles. The number of aliphatic hydroxyl groups is 2. The summed E-state index contributed by atoms with van der Waals surface area (Å²) in [7, 11) is 0. The average molecular weight is 526 g/mol. The fourth-order valence-electron chi connectivity index (χ4n) is 3.86. The highest BCUT2D eigenvalue weighted by atomic mass is 16.3. The molecular weight excluding hydrogens is 474 g/mol. The van der Waals surface area contributed by atoms with Crippen LogP contribution in [0.3, 0.4) is 0 Å². The SMILES string of the molecule is CCCCCCC=CCCCCCCCC(=O)C(O)NC(=O)C(NC(=O)C(NC(C)=O)C(C)O)C(C)C. The van der Waals surface area contributed by atoms with Crippen molar-refractivity contribution in [2.45, 2.75) is 136 Å². The first-order valence-electron chi connectivity index (χ1n) is 13.9. The number of Topliss-reactive ketones (excluding diaryl/α,β-unsaturated/α-hetero) is 1. The monoisotopic (exact) mass is 525 g/mol. The van der Waals surface area contributed by atoms with E-state index in [-0.39, 0.29) is 12.3 Å². The molecule has 0 aromatic heterocycles. The van der Waals surface area contributed by atoms with E-state index in [2.05, 4.69) is 35.0 Å². The van der Waals surface area contributed by atoms with Gasteiger partial charge in [0, 0.05) is 13.3 Å². The molecule has 0 heterocycles. The Balaban J connectivity index is 4.33. The van der Waals surface area contributed by atoms with Gasteiger partial charge in [-0.2, -0.15) is 0 Å². The second-order valence-corrected chi connectivity index (χ2v) is 10.2. The zero-order valence-electron chi connectivity index (χ0n) is 23.6. The zero-order valence-corrected chi connectivity index (χ0v) is 23.6. The first-order chi connectivity index (χ1) is 17.5. The van der Waals surface area contributed by atoms with Crippen molar-refractivity contribution in [2.75, 3.05) is 0 Å². The number of aliphatic hydroxyl groups excluding tert-OH is 2. The molecule has 0 aromatic carbocycles. The second-order valence-electron chi connectivity index (χ2n) is 10.2. The molecule has 0 aliphatic rings. The maximum absolute atomic E-state index is 12.6. The number of unbranched alkanes of at least 4 members (excludes halogenated alkanes) is 9. The van der Waals surface area contributed by atoms with Gasteiger partial charge in [-0.15, -0.1) is 0 Å². The number of amides is 3. The summed E-state index contributed by atoms with van der Waals surface area (Å²) in [4.78, 5) is 48.7. The van der Waals surface area contributed by atoms with Gasteiger partial charge in [-0.1, -0.05) is 71.4 Å². The Hall–Kier alpha value is -2.26. The van der Waals surface area contributed by atoms with Crippen LogP contribution in [0.4, 0.5) is 0 Å². The van der Waals surface area contributed by atoms with Gasteiger partial charge in [0.05, 0.1) is 6.10 Å². The molecule has 0 aromatic rings. The Morgan fingerprint density at radius 1 is 0.703 bits per heavy atom. The highest BCUT2D eigenvalue weighted by Gasteiger charge is 2.32. The van der Waals surface area contributed by atoms with Gasteiger partial charge in [-0.25, -0.2) is 0 Å². The largest absolute Gasteiger partial charge is 0.391 e. The van der Waals surface area contributed by atoms with E-state index < -0.39 is 47.9 Å². The molecule has 4 atom stereocenters. The van der Waals surface area contributed by atoms with Gasteiger partial charge in [0.15, 0.2) is 12.0 Å². The van der Waals surface area contributed by atoms with E-state index >= 15 is 0 Å². The highest BCUT2D eigenvalue weighted by molar-refractivity contribution is 5.94. The number of ketones is 1. The molecule has 0 saturated heterocycles. The molecule has 9 nitrogen and oxygen atoms in total. The molecule has 0 rings (SSSR count). The number of hydrogen-bond acceptors (Lipinski definition) is 6. The van der Waals surface area contributed by atoms with Gasteiger partial charge in [0.1, 0.15) is 12.1 Å². The van der Waals surface area contributed by atoms with Crippen molar-refractivity contribution in [3.05, 3.63) is 12.2 Å². The summed E-state index contributed by atoms with van der Waals surface area (Å²) < 4.78 is 0. The van der Waals surface area contributed by atoms with E-state index in [9.17, 15) is 29.4 Å². The van der Waals surface area contributed by atoms with Crippen LogP contribution >= 0.6 is 0 Å². The number of rotatable bonds is 21. The van der Waals surface area contributed by atoms with Gasteiger partial charge in [-0.05, 0) is 44.9 Å². The number of carbonyl (C=O) groups is 4. The van der Waals surface area contributed by atoms with Crippen molar-refractivity contribution in [1.82, 2.24) is 16.0 Å². The summed E-state index contributed by atoms with van der Waals surface area (Å²) in [5.74, 6) is -2.79. The van der Waals surface area contributed by atoms with Crippen LogP contribution < -0.4 is 16.0 Å². The lowest BCUT2D eigenvalue weighted by Gasteiger charge is -2.27. The normalized spacial score (nSPS) is 14.7. The molecule has 5 N–H and O–H groups in total. The molecule has 3 amide bonds. The van der Waals surface area contributed by atoms with E-state index in [1.807, 2.05) is 0 Å². The Morgan fingerprint density at radius 3 is 1.73 bits per heavy atom. The fraction of sp³-hybridized carbons (Fsp3) is 0.786. The quantitative estimate of drug-likeness (QED) is 0.0883. The Kier molecular flexibility index (Phi) is 19.5. The maximum Gasteiger partial charge on any atom is 0.245 e. The molecule has 9 heteroatoms. The summed E-state index contributed by atoms with van der Waals surface area (Å²) in [5, 5.41) is 27.1. The van der Waals surface area contributed by atoms with Crippen LogP contribution in [0.1, 0.15) is 112 Å². The van der Waals surface area contributed by atoms with Crippen molar-refractivity contribution in [1.29, 1.82) is 0 Å². The minimum Gasteiger partial charge on any atom is -0.391 e. The van der Waals surface area contributed by atoms with Crippen molar-refractivity contribution < 1.29 is 29.4 Å². The number of carbonyl (C=O) groups excluding carboxylic acids is 4. The van der Waals surface area contributed by atoms with Crippen LogP contribution in [0, 0.1) is 5.92 Å².